The van der Waals surface area contributed by atoms with E-state index in [1.54, 1.807) is 20.8 Å². The summed E-state index contributed by atoms with van der Waals surface area (Å²) in [6.45, 7) is 5.09. The minimum atomic E-state index is -1.31. The molecule has 9 heteroatoms. The molecule has 2 atom stereocenters. The summed E-state index contributed by atoms with van der Waals surface area (Å²) in [5.41, 5.74) is -0.709. The number of carbonyl (C=O) groups is 3. The van der Waals surface area contributed by atoms with E-state index < -0.39 is 35.0 Å². The molecule has 1 rings (SSSR count). The molecule has 2 amide bonds. The van der Waals surface area contributed by atoms with Crippen molar-refractivity contribution >= 4 is 33.7 Å². The van der Waals surface area contributed by atoms with Gasteiger partial charge in [0.25, 0.3) is 0 Å². The largest absolute Gasteiger partial charge is 0.467 e. The van der Waals surface area contributed by atoms with E-state index in [-0.39, 0.29) is 18.7 Å². The van der Waals surface area contributed by atoms with Crippen molar-refractivity contribution in [2.45, 2.75) is 50.6 Å². The molecule has 7 nitrogen and oxygen atoms in total. The van der Waals surface area contributed by atoms with E-state index >= 15 is 0 Å². The van der Waals surface area contributed by atoms with Gasteiger partial charge in [-0.15, -0.1) is 0 Å². The lowest BCUT2D eigenvalue weighted by molar-refractivity contribution is -0.143. The SMILES string of the molecule is [B]C1([B])CC(CC(NC(=O)OC(C)(C)C)C(=O)OC)C(=O)N1. The molecule has 22 heavy (non-hydrogen) atoms. The Morgan fingerprint density at radius 3 is 2.45 bits per heavy atom. The van der Waals surface area contributed by atoms with E-state index in [1.165, 1.54) is 7.11 Å². The molecule has 0 aromatic heterocycles. The maximum Gasteiger partial charge on any atom is 0.408 e. The van der Waals surface area contributed by atoms with Gasteiger partial charge in [-0.05, 0) is 39.0 Å². The van der Waals surface area contributed by atoms with Crippen LogP contribution in [-0.4, -0.2) is 57.8 Å². The van der Waals surface area contributed by atoms with Crippen molar-refractivity contribution in [1.82, 2.24) is 10.6 Å². The molecule has 1 aliphatic rings. The van der Waals surface area contributed by atoms with Crippen LogP contribution in [0.4, 0.5) is 4.79 Å². The van der Waals surface area contributed by atoms with E-state index in [9.17, 15) is 14.4 Å². The summed E-state index contributed by atoms with van der Waals surface area (Å²) >= 11 is 0. The van der Waals surface area contributed by atoms with Crippen LogP contribution in [0.1, 0.15) is 33.6 Å². The molecule has 0 bridgehead atoms. The molecule has 1 aliphatic heterocycles. The third-order valence-corrected chi connectivity index (χ3v) is 3.01. The van der Waals surface area contributed by atoms with E-state index in [4.69, 9.17) is 20.4 Å². The van der Waals surface area contributed by atoms with Gasteiger partial charge in [-0.1, -0.05) is 0 Å². The molecule has 0 aliphatic carbocycles. The van der Waals surface area contributed by atoms with Gasteiger partial charge in [0.15, 0.2) is 0 Å². The van der Waals surface area contributed by atoms with Gasteiger partial charge in [-0.2, -0.15) is 0 Å². The lowest BCUT2D eigenvalue weighted by Gasteiger charge is -2.23. The number of esters is 1. The van der Waals surface area contributed by atoms with Gasteiger partial charge in [-0.3, -0.25) is 4.79 Å². The molecule has 1 heterocycles. The third kappa shape index (κ3) is 5.61. The predicted molar refractivity (Wildman–Crippen MR) is 80.3 cm³/mol. The Kier molecular flexibility index (Phi) is 5.54. The third-order valence-electron chi connectivity index (χ3n) is 3.01. The molecule has 1 fully saturated rings. The Hall–Kier alpha value is -1.66. The van der Waals surface area contributed by atoms with Crippen molar-refractivity contribution in [2.24, 2.45) is 5.92 Å². The monoisotopic (exact) mass is 306 g/mol. The summed E-state index contributed by atoms with van der Waals surface area (Å²) in [6, 6.07) is -1.02. The Morgan fingerprint density at radius 1 is 1.45 bits per heavy atom. The minimum Gasteiger partial charge on any atom is -0.467 e. The number of nitrogens with one attached hydrogen (secondary N) is 2. The molecule has 118 valence electrons. The van der Waals surface area contributed by atoms with Gasteiger partial charge in [-0.25, -0.2) is 9.59 Å². The molecular formula is C13H20B2N2O5. The van der Waals surface area contributed by atoms with Gasteiger partial charge < -0.3 is 20.1 Å². The summed E-state index contributed by atoms with van der Waals surface area (Å²) in [5, 5.41) is 3.51. The lowest BCUT2D eigenvalue weighted by atomic mass is 9.60. The molecule has 1 saturated heterocycles. The zero-order valence-corrected chi connectivity index (χ0v) is 13.3. The van der Waals surface area contributed by atoms with Crippen LogP contribution in [0.15, 0.2) is 0 Å². The van der Waals surface area contributed by atoms with Gasteiger partial charge >= 0.3 is 12.1 Å². The van der Waals surface area contributed by atoms with Crippen LogP contribution in [0, 0.1) is 5.92 Å². The molecule has 2 N–H and O–H groups in total. The molecule has 0 saturated carbocycles. The van der Waals surface area contributed by atoms with Crippen molar-refractivity contribution in [1.29, 1.82) is 0 Å². The molecule has 4 radical (unpaired) electrons. The molecule has 0 aromatic rings. The summed E-state index contributed by atoms with van der Waals surface area (Å²) in [7, 11) is 12.5. The summed E-state index contributed by atoms with van der Waals surface area (Å²) < 4.78 is 9.72. The standard InChI is InChI=1S/C13H20B2N2O5/c1-12(2,3)22-11(20)16-8(10(19)21-4)5-7-6-13(14,15)17-9(7)18/h7-8H,5-6H2,1-4H3,(H,16,20)(H,17,18). The normalized spacial score (nSPS) is 21.6. The Bertz CT molecular complexity index is 462. The number of rotatable bonds is 4. The smallest absolute Gasteiger partial charge is 0.408 e. The van der Waals surface area contributed by atoms with Crippen LogP contribution in [0.2, 0.25) is 0 Å². The Morgan fingerprint density at radius 2 is 2.05 bits per heavy atom. The zero-order chi connectivity index (χ0) is 17.1. The number of ether oxygens (including phenoxy) is 2. The quantitative estimate of drug-likeness (QED) is 0.543. The zero-order valence-electron chi connectivity index (χ0n) is 13.3. The number of hydrogen-bond donors (Lipinski definition) is 2. The Balaban J connectivity index is 2.72. The van der Waals surface area contributed by atoms with Gasteiger partial charge in [0, 0.05) is 5.92 Å². The van der Waals surface area contributed by atoms with Crippen molar-refractivity contribution in [2.75, 3.05) is 7.11 Å². The van der Waals surface area contributed by atoms with E-state index in [0.717, 1.165) is 0 Å². The molecule has 2 unspecified atom stereocenters. The van der Waals surface area contributed by atoms with Crippen LogP contribution >= 0.6 is 0 Å². The number of methoxy groups -OCH3 is 1. The van der Waals surface area contributed by atoms with E-state index in [0.29, 0.717) is 0 Å². The molecule has 0 aromatic carbocycles. The highest BCUT2D eigenvalue weighted by atomic mass is 16.6. The van der Waals surface area contributed by atoms with Crippen molar-refractivity contribution in [3.63, 3.8) is 0 Å². The first-order valence-electron chi connectivity index (χ1n) is 6.90. The molecular weight excluding hydrogens is 286 g/mol. The van der Waals surface area contributed by atoms with Gasteiger partial charge in [0.2, 0.25) is 5.91 Å². The predicted octanol–water partition coefficient (Wildman–Crippen LogP) is -0.430. The second-order valence-electron chi connectivity index (χ2n) is 6.39. The van der Waals surface area contributed by atoms with Crippen LogP contribution in [-0.2, 0) is 19.1 Å². The highest BCUT2D eigenvalue weighted by Gasteiger charge is 2.39. The summed E-state index contributed by atoms with van der Waals surface area (Å²) in [5.74, 6) is -1.65. The number of hydrogen-bond acceptors (Lipinski definition) is 5. The molecule has 0 spiro atoms. The fourth-order valence-electron chi connectivity index (χ4n) is 2.16. The first kappa shape index (κ1) is 18.4. The fourth-order valence-corrected chi connectivity index (χ4v) is 2.16. The van der Waals surface area contributed by atoms with Crippen molar-refractivity contribution in [3.8, 4) is 0 Å². The van der Waals surface area contributed by atoms with Crippen LogP contribution in [0.25, 0.3) is 0 Å². The highest BCUT2D eigenvalue weighted by Crippen LogP contribution is 2.24. The first-order valence-corrected chi connectivity index (χ1v) is 6.90. The van der Waals surface area contributed by atoms with Crippen LogP contribution in [0.3, 0.4) is 0 Å². The number of amides is 2. The van der Waals surface area contributed by atoms with Crippen molar-refractivity contribution < 1.29 is 23.9 Å². The lowest BCUT2D eigenvalue weighted by Crippen LogP contribution is -2.45. The second kappa shape index (κ2) is 6.62. The Labute approximate surface area is 132 Å². The maximum atomic E-state index is 11.8. The van der Waals surface area contributed by atoms with Gasteiger partial charge in [0.05, 0.1) is 22.8 Å². The summed E-state index contributed by atoms with van der Waals surface area (Å²) in [6.07, 6.45) is -0.600. The second-order valence-corrected chi connectivity index (χ2v) is 6.39. The van der Waals surface area contributed by atoms with Crippen LogP contribution < -0.4 is 10.6 Å². The van der Waals surface area contributed by atoms with Gasteiger partial charge in [0.1, 0.15) is 11.6 Å². The topological polar surface area (TPSA) is 93.7 Å². The van der Waals surface area contributed by atoms with E-state index in [2.05, 4.69) is 15.4 Å². The average Bonchev–Trinajstić information content (AvgIpc) is 2.58. The maximum absolute atomic E-state index is 11.8. The highest BCUT2D eigenvalue weighted by molar-refractivity contribution is 6.41. The van der Waals surface area contributed by atoms with Crippen molar-refractivity contribution in [3.05, 3.63) is 0 Å². The minimum absolute atomic E-state index is 0.0217. The number of carbonyl (C=O) groups excluding carboxylic acids is 3. The van der Waals surface area contributed by atoms with Crippen LogP contribution in [0.5, 0.6) is 0 Å². The number of alkyl carbamates (subject to hydrolysis) is 1. The fraction of sp³-hybridized carbons (Fsp3) is 0.769. The van der Waals surface area contributed by atoms with E-state index in [1.807, 2.05) is 0 Å². The summed E-state index contributed by atoms with van der Waals surface area (Å²) in [4.78, 5) is 35.3. The average molecular weight is 306 g/mol. The first-order chi connectivity index (χ1) is 9.93.